The van der Waals surface area contributed by atoms with Gasteiger partial charge in [0.1, 0.15) is 0 Å². The van der Waals surface area contributed by atoms with Gasteiger partial charge in [-0.05, 0) is 30.2 Å². The Bertz CT molecular complexity index is 618. The first-order valence-electron chi connectivity index (χ1n) is 6.01. The number of nitrogens with two attached hydrogens (primary N) is 1. The van der Waals surface area contributed by atoms with Crippen molar-refractivity contribution in [2.75, 3.05) is 13.6 Å². The van der Waals surface area contributed by atoms with Gasteiger partial charge in [0.2, 0.25) is 10.0 Å². The highest BCUT2D eigenvalue weighted by Crippen LogP contribution is 2.27. The van der Waals surface area contributed by atoms with E-state index in [1.807, 2.05) is 0 Å². The summed E-state index contributed by atoms with van der Waals surface area (Å²) < 4.78 is 62.0. The van der Waals surface area contributed by atoms with Crippen LogP contribution in [-0.4, -0.2) is 32.5 Å². The fourth-order valence-electron chi connectivity index (χ4n) is 1.76. The van der Waals surface area contributed by atoms with E-state index in [1.54, 1.807) is 6.92 Å². The molecule has 21 heavy (non-hydrogen) atoms. The Kier molecular flexibility index (Phi) is 5.65. The fraction of sp³-hybridized carbons (Fsp3) is 0.500. The maximum atomic E-state index is 12.3. The van der Waals surface area contributed by atoms with E-state index in [9.17, 15) is 21.6 Å². The standard InChI is InChI=1S/C12H16ClF3N2O2S/c1-8-9(7-17)5-10(13)6-11(8)21(19,20)18(2)4-3-12(14,15)16/h5-6H,3-4,7,17H2,1-2H3. The Balaban J connectivity index is 3.16. The SMILES string of the molecule is Cc1c(CN)cc(Cl)cc1S(=O)(=O)N(C)CCC(F)(F)F. The van der Waals surface area contributed by atoms with Crippen molar-refractivity contribution in [2.45, 2.75) is 31.0 Å². The number of nitrogens with zero attached hydrogens (tertiary/aromatic N) is 1. The number of alkyl halides is 3. The van der Waals surface area contributed by atoms with Crippen LogP contribution in [0.4, 0.5) is 13.2 Å². The van der Waals surface area contributed by atoms with Gasteiger partial charge in [-0.15, -0.1) is 0 Å². The van der Waals surface area contributed by atoms with Crippen LogP contribution in [0.3, 0.4) is 0 Å². The van der Waals surface area contributed by atoms with Crippen molar-refractivity contribution >= 4 is 21.6 Å². The van der Waals surface area contributed by atoms with E-state index in [1.165, 1.54) is 12.1 Å². The Morgan fingerprint density at radius 3 is 2.38 bits per heavy atom. The second-order valence-corrected chi connectivity index (χ2v) is 7.03. The van der Waals surface area contributed by atoms with Gasteiger partial charge < -0.3 is 5.73 Å². The molecule has 0 amide bonds. The smallest absolute Gasteiger partial charge is 0.326 e. The average molecular weight is 345 g/mol. The fourth-order valence-corrected chi connectivity index (χ4v) is 3.53. The van der Waals surface area contributed by atoms with Crippen LogP contribution in [-0.2, 0) is 16.6 Å². The molecule has 0 unspecified atom stereocenters. The second-order valence-electron chi connectivity index (χ2n) is 4.58. The van der Waals surface area contributed by atoms with Gasteiger partial charge in [-0.2, -0.15) is 13.2 Å². The summed E-state index contributed by atoms with van der Waals surface area (Å²) in [4.78, 5) is -0.125. The molecule has 1 aromatic carbocycles. The van der Waals surface area contributed by atoms with Gasteiger partial charge in [-0.25, -0.2) is 12.7 Å². The zero-order valence-corrected chi connectivity index (χ0v) is 13.1. The van der Waals surface area contributed by atoms with E-state index < -0.39 is 29.2 Å². The van der Waals surface area contributed by atoms with Crippen LogP contribution < -0.4 is 5.73 Å². The summed E-state index contributed by atoms with van der Waals surface area (Å²) in [6, 6.07) is 2.75. The number of sulfonamides is 1. The number of halogens is 4. The predicted molar refractivity (Wildman–Crippen MR) is 74.6 cm³/mol. The number of hydrogen-bond donors (Lipinski definition) is 1. The van der Waals surface area contributed by atoms with Crippen LogP contribution in [0.2, 0.25) is 5.02 Å². The van der Waals surface area contributed by atoms with Crippen LogP contribution in [0.25, 0.3) is 0 Å². The molecule has 0 aliphatic heterocycles. The molecule has 9 heteroatoms. The molecule has 1 rings (SSSR count). The van der Waals surface area contributed by atoms with Gasteiger partial charge in [0.05, 0.1) is 11.3 Å². The van der Waals surface area contributed by atoms with Crippen LogP contribution in [0.1, 0.15) is 17.5 Å². The third-order valence-electron chi connectivity index (χ3n) is 3.05. The predicted octanol–water partition coefficient (Wildman–Crippen LogP) is 2.68. The minimum atomic E-state index is -4.42. The molecule has 2 N–H and O–H groups in total. The maximum absolute atomic E-state index is 12.3. The van der Waals surface area contributed by atoms with Crippen LogP contribution in [0, 0.1) is 6.92 Å². The van der Waals surface area contributed by atoms with E-state index in [0.717, 1.165) is 7.05 Å². The van der Waals surface area contributed by atoms with Gasteiger partial charge in [0, 0.05) is 25.2 Å². The van der Waals surface area contributed by atoms with Crippen molar-refractivity contribution in [3.63, 3.8) is 0 Å². The average Bonchev–Trinajstić information content (AvgIpc) is 2.36. The van der Waals surface area contributed by atoms with Crippen molar-refractivity contribution in [3.05, 3.63) is 28.3 Å². The van der Waals surface area contributed by atoms with Crippen molar-refractivity contribution in [1.82, 2.24) is 4.31 Å². The summed E-state index contributed by atoms with van der Waals surface area (Å²) in [5, 5.41) is 0.170. The van der Waals surface area contributed by atoms with Crippen LogP contribution in [0.15, 0.2) is 17.0 Å². The Labute approximate surface area is 126 Å². The van der Waals surface area contributed by atoms with E-state index in [0.29, 0.717) is 15.4 Å². The van der Waals surface area contributed by atoms with E-state index in [-0.39, 0.29) is 16.5 Å². The molecule has 0 heterocycles. The van der Waals surface area contributed by atoms with Crippen molar-refractivity contribution in [2.24, 2.45) is 5.73 Å². The number of hydrogen-bond acceptors (Lipinski definition) is 3. The normalized spacial score (nSPS) is 13.0. The lowest BCUT2D eigenvalue weighted by atomic mass is 10.1. The highest BCUT2D eigenvalue weighted by molar-refractivity contribution is 7.89. The topological polar surface area (TPSA) is 63.4 Å². The summed E-state index contributed by atoms with van der Waals surface area (Å²) in [5.41, 5.74) is 6.43. The Morgan fingerprint density at radius 1 is 1.33 bits per heavy atom. The van der Waals surface area contributed by atoms with Crippen molar-refractivity contribution in [3.8, 4) is 0 Å². The summed E-state index contributed by atoms with van der Waals surface area (Å²) in [7, 11) is -2.95. The first kappa shape index (κ1) is 18.2. The molecule has 0 aliphatic carbocycles. The minimum Gasteiger partial charge on any atom is -0.326 e. The first-order chi connectivity index (χ1) is 9.49. The summed E-state index contributed by atoms with van der Waals surface area (Å²) >= 11 is 5.84. The molecular weight excluding hydrogens is 329 g/mol. The molecular formula is C12H16ClF3N2O2S. The van der Waals surface area contributed by atoms with Gasteiger partial charge in [0.15, 0.2) is 0 Å². The van der Waals surface area contributed by atoms with E-state index in [2.05, 4.69) is 0 Å². The number of rotatable bonds is 5. The molecule has 0 saturated heterocycles. The Morgan fingerprint density at radius 2 is 1.90 bits per heavy atom. The van der Waals surface area contributed by atoms with E-state index in [4.69, 9.17) is 17.3 Å². The summed E-state index contributed by atoms with van der Waals surface area (Å²) in [5.74, 6) is 0. The minimum absolute atomic E-state index is 0.0845. The monoisotopic (exact) mass is 344 g/mol. The molecule has 0 aromatic heterocycles. The Hall–Kier alpha value is -0.830. The van der Waals surface area contributed by atoms with Crippen molar-refractivity contribution in [1.29, 1.82) is 0 Å². The molecule has 0 fully saturated rings. The number of benzene rings is 1. The molecule has 0 radical (unpaired) electrons. The maximum Gasteiger partial charge on any atom is 0.390 e. The molecule has 0 aliphatic rings. The largest absolute Gasteiger partial charge is 0.390 e. The first-order valence-corrected chi connectivity index (χ1v) is 7.83. The second kappa shape index (κ2) is 6.51. The molecule has 4 nitrogen and oxygen atoms in total. The lowest BCUT2D eigenvalue weighted by molar-refractivity contribution is -0.135. The van der Waals surface area contributed by atoms with Crippen LogP contribution in [0.5, 0.6) is 0 Å². The highest BCUT2D eigenvalue weighted by atomic mass is 35.5. The van der Waals surface area contributed by atoms with Gasteiger partial charge >= 0.3 is 6.18 Å². The zero-order chi connectivity index (χ0) is 16.4. The molecule has 120 valence electrons. The van der Waals surface area contributed by atoms with Crippen molar-refractivity contribution < 1.29 is 21.6 Å². The lowest BCUT2D eigenvalue weighted by Crippen LogP contribution is -2.31. The quantitative estimate of drug-likeness (QED) is 0.893. The molecule has 0 bridgehead atoms. The lowest BCUT2D eigenvalue weighted by Gasteiger charge is -2.20. The molecule has 0 saturated carbocycles. The summed E-state index contributed by atoms with van der Waals surface area (Å²) in [6.07, 6.45) is -5.64. The summed E-state index contributed by atoms with van der Waals surface area (Å²) in [6.45, 7) is 0.972. The van der Waals surface area contributed by atoms with Gasteiger partial charge in [-0.3, -0.25) is 0 Å². The van der Waals surface area contributed by atoms with Crippen LogP contribution >= 0.6 is 11.6 Å². The molecule has 1 aromatic rings. The zero-order valence-electron chi connectivity index (χ0n) is 11.5. The third-order valence-corrected chi connectivity index (χ3v) is 5.25. The van der Waals surface area contributed by atoms with Gasteiger partial charge in [-0.1, -0.05) is 11.6 Å². The van der Waals surface area contributed by atoms with E-state index >= 15 is 0 Å². The third kappa shape index (κ3) is 4.57. The highest BCUT2D eigenvalue weighted by Gasteiger charge is 2.31. The molecule has 0 atom stereocenters. The van der Waals surface area contributed by atoms with Gasteiger partial charge in [0.25, 0.3) is 0 Å². The molecule has 0 spiro atoms.